The molecule has 43 heavy (non-hydrogen) atoms. The van der Waals surface area contributed by atoms with E-state index < -0.39 is 46.5 Å². The van der Waals surface area contributed by atoms with Gasteiger partial charge in [0.15, 0.2) is 23.8 Å². The molecule has 0 bridgehead atoms. The summed E-state index contributed by atoms with van der Waals surface area (Å²) in [5.41, 5.74) is 15.4. The number of nitrogens with two attached hydrogens (primary N) is 3. The molecule has 2 aliphatic heterocycles. The van der Waals surface area contributed by atoms with E-state index in [-0.39, 0.29) is 34.9 Å². The highest BCUT2D eigenvalue weighted by Crippen LogP contribution is 2.40. The van der Waals surface area contributed by atoms with Crippen molar-refractivity contribution in [2.45, 2.75) is 43.8 Å². The minimum atomic E-state index is -1.80. The van der Waals surface area contributed by atoms with Crippen LogP contribution in [0.15, 0.2) is 33.7 Å². The highest BCUT2D eigenvalue weighted by atomic mass is 32.2. The van der Waals surface area contributed by atoms with Crippen molar-refractivity contribution < 1.29 is 38.9 Å². The highest BCUT2D eigenvalue weighted by molar-refractivity contribution is 8.00. The first kappa shape index (κ1) is 31.2. The van der Waals surface area contributed by atoms with Gasteiger partial charge in [0.25, 0.3) is 11.8 Å². The van der Waals surface area contributed by atoms with Crippen molar-refractivity contribution in [3.8, 4) is 0 Å². The number of aromatic nitrogens is 4. The molecular weight excluding hydrogens is 606 g/mol. The van der Waals surface area contributed by atoms with E-state index in [1.54, 1.807) is 10.9 Å². The molecule has 4 heterocycles. The number of oxime groups is 1. The van der Waals surface area contributed by atoms with Gasteiger partial charge in [-0.15, -0.1) is 16.4 Å². The Hall–Kier alpha value is -4.72. The van der Waals surface area contributed by atoms with Gasteiger partial charge in [-0.2, -0.15) is 14.0 Å². The summed E-state index contributed by atoms with van der Waals surface area (Å²) in [4.78, 5) is 64.3. The number of nitrogens with zero attached hydrogens (tertiary/aromatic N) is 7. The molecule has 2 amide bonds. The van der Waals surface area contributed by atoms with Crippen molar-refractivity contribution in [3.05, 3.63) is 35.1 Å². The SMILES string of the molecule is Cn1c(CCN=C(N)N)cc[n+]1CC1=C(C(=O)O)N2C(=O)C(NC(=O)/C(=N/OC(C)(C)C(=O)O)c3nsc(N)n3)C2SC1. The van der Waals surface area contributed by atoms with Crippen LogP contribution in [0.25, 0.3) is 0 Å². The summed E-state index contributed by atoms with van der Waals surface area (Å²) in [6.07, 6.45) is 2.35. The van der Waals surface area contributed by atoms with Crippen molar-refractivity contribution in [2.24, 2.45) is 28.7 Å². The molecule has 20 heteroatoms. The fraction of sp³-hybridized carbons (Fsp3) is 0.435. The first-order valence-corrected chi connectivity index (χ1v) is 14.4. The molecule has 1 saturated heterocycles. The van der Waals surface area contributed by atoms with Crippen LogP contribution in [0.3, 0.4) is 0 Å². The van der Waals surface area contributed by atoms with E-state index in [9.17, 15) is 29.4 Å². The number of amides is 2. The van der Waals surface area contributed by atoms with Crippen LogP contribution in [0.1, 0.15) is 25.4 Å². The number of carbonyl (C=O) groups excluding carboxylic acids is 2. The van der Waals surface area contributed by atoms with E-state index >= 15 is 0 Å². The second-order valence-electron chi connectivity index (χ2n) is 9.91. The largest absolute Gasteiger partial charge is 0.478 e. The van der Waals surface area contributed by atoms with E-state index in [4.69, 9.17) is 22.0 Å². The number of anilines is 1. The average molecular weight is 637 g/mol. The summed E-state index contributed by atoms with van der Waals surface area (Å²) >= 11 is 2.05. The Morgan fingerprint density at radius 1 is 1.30 bits per heavy atom. The second kappa shape index (κ2) is 12.3. The van der Waals surface area contributed by atoms with Gasteiger partial charge >= 0.3 is 11.9 Å². The molecule has 230 valence electrons. The summed E-state index contributed by atoms with van der Waals surface area (Å²) in [7, 11) is 1.82. The zero-order chi connectivity index (χ0) is 31.6. The third-order valence-corrected chi connectivity index (χ3v) is 8.42. The smallest absolute Gasteiger partial charge is 0.352 e. The van der Waals surface area contributed by atoms with Gasteiger partial charge in [-0.1, -0.05) is 5.16 Å². The summed E-state index contributed by atoms with van der Waals surface area (Å²) < 4.78 is 7.59. The fourth-order valence-corrected chi connectivity index (χ4v) is 5.94. The summed E-state index contributed by atoms with van der Waals surface area (Å²) in [6, 6.07) is 0.764. The Kier molecular flexibility index (Phi) is 8.90. The molecule has 2 unspecified atom stereocenters. The van der Waals surface area contributed by atoms with E-state index in [0.29, 0.717) is 18.5 Å². The number of fused-ring (bicyclic) bond motifs is 1. The van der Waals surface area contributed by atoms with Crippen molar-refractivity contribution in [2.75, 3.05) is 18.0 Å². The van der Waals surface area contributed by atoms with E-state index in [1.807, 2.05) is 17.8 Å². The number of nitrogens with one attached hydrogen (secondary N) is 1. The molecule has 2 aromatic rings. The van der Waals surface area contributed by atoms with Crippen LogP contribution in [0.5, 0.6) is 0 Å². The molecule has 0 spiro atoms. The normalized spacial score (nSPS) is 18.5. The Labute approximate surface area is 252 Å². The number of rotatable bonds is 12. The van der Waals surface area contributed by atoms with Gasteiger partial charge in [0.1, 0.15) is 17.1 Å². The molecule has 0 radical (unpaired) electrons. The van der Waals surface area contributed by atoms with Crippen molar-refractivity contribution in [1.82, 2.24) is 24.3 Å². The van der Waals surface area contributed by atoms with Crippen molar-refractivity contribution in [1.29, 1.82) is 0 Å². The van der Waals surface area contributed by atoms with Crippen LogP contribution < -0.4 is 27.2 Å². The Morgan fingerprint density at radius 3 is 2.63 bits per heavy atom. The van der Waals surface area contributed by atoms with E-state index in [1.165, 1.54) is 25.6 Å². The molecule has 2 aliphatic rings. The van der Waals surface area contributed by atoms with Crippen LogP contribution in [0.2, 0.25) is 0 Å². The monoisotopic (exact) mass is 636 g/mol. The highest BCUT2D eigenvalue weighted by Gasteiger charge is 2.55. The number of hydrogen-bond donors (Lipinski definition) is 6. The molecule has 2 atom stereocenters. The number of carboxylic acid groups (broad SMARTS) is 2. The molecular formula is C23H30N11O7S2+. The van der Waals surface area contributed by atoms with Crippen LogP contribution in [-0.2, 0) is 44.0 Å². The number of nitrogen functional groups attached to an aromatic ring is 1. The van der Waals surface area contributed by atoms with Gasteiger partial charge in [0.2, 0.25) is 17.1 Å². The fourth-order valence-electron chi connectivity index (χ4n) is 4.17. The third kappa shape index (κ3) is 6.53. The molecule has 9 N–H and O–H groups in total. The number of aliphatic carboxylic acids is 2. The molecule has 4 rings (SSSR count). The molecule has 2 aromatic heterocycles. The van der Waals surface area contributed by atoms with Gasteiger partial charge in [0.05, 0.1) is 12.7 Å². The molecule has 18 nitrogen and oxygen atoms in total. The van der Waals surface area contributed by atoms with E-state index in [0.717, 1.165) is 22.1 Å². The number of thioether (sulfide) groups is 1. The van der Waals surface area contributed by atoms with Gasteiger partial charge in [-0.25, -0.2) is 9.59 Å². The van der Waals surface area contributed by atoms with Crippen LogP contribution >= 0.6 is 23.3 Å². The first-order valence-electron chi connectivity index (χ1n) is 12.6. The molecule has 0 aliphatic carbocycles. The summed E-state index contributed by atoms with van der Waals surface area (Å²) in [5.74, 6) is -4.18. The zero-order valence-electron chi connectivity index (χ0n) is 23.3. The predicted molar refractivity (Wildman–Crippen MR) is 153 cm³/mol. The second-order valence-corrected chi connectivity index (χ2v) is 11.8. The maximum absolute atomic E-state index is 13.2. The standard InChI is InChI=1S/C23H29N11O7S2/c1-23(2,20(39)40)41-30-12(15-29-22(26)43-31-15)16(35)28-13-17(36)34-14(19(37)38)10(9-42-18(13)34)8-33-7-5-11(32(33)3)4-6-27-21(24)25/h5,7,13,18H,4,6,8-9H2,1-3H3,(H8-,24,25,26,27,28,29,31,35,37,38,39,40)/p+1/b30-12+. The number of carboxylic acids is 2. The van der Waals surface area contributed by atoms with E-state index in [2.05, 4.69) is 24.8 Å². The quantitative estimate of drug-likeness (QED) is 0.0466. The average Bonchev–Trinajstić information content (AvgIpc) is 3.51. The minimum absolute atomic E-state index is 0.00990. The number of β-lactam (4-membered cyclic amide) rings is 1. The summed E-state index contributed by atoms with van der Waals surface area (Å²) in [6.45, 7) is 3.03. The maximum atomic E-state index is 13.2. The first-order chi connectivity index (χ1) is 20.2. The van der Waals surface area contributed by atoms with Crippen molar-refractivity contribution in [3.63, 3.8) is 0 Å². The maximum Gasteiger partial charge on any atom is 0.352 e. The molecule has 0 saturated carbocycles. The summed E-state index contributed by atoms with van der Waals surface area (Å²) in [5, 5.41) is 24.9. The van der Waals surface area contributed by atoms with Gasteiger partial charge in [0, 0.05) is 41.9 Å². The lowest BCUT2D eigenvalue weighted by Gasteiger charge is -2.49. The third-order valence-electron chi connectivity index (χ3n) is 6.54. The Balaban J connectivity index is 1.52. The lowest BCUT2D eigenvalue weighted by molar-refractivity contribution is -0.766. The Morgan fingerprint density at radius 2 is 2.02 bits per heavy atom. The topological polar surface area (TPSA) is 271 Å². The number of hydrogen-bond acceptors (Lipinski definition) is 12. The Bertz CT molecular complexity index is 1560. The van der Waals surface area contributed by atoms with Crippen LogP contribution in [-0.4, -0.2) is 93.9 Å². The van der Waals surface area contributed by atoms with Crippen LogP contribution in [0.4, 0.5) is 5.13 Å². The molecule has 0 aromatic carbocycles. The zero-order valence-corrected chi connectivity index (χ0v) is 24.9. The number of guanidine groups is 1. The van der Waals surface area contributed by atoms with Gasteiger partial charge < -0.3 is 37.6 Å². The van der Waals surface area contributed by atoms with Gasteiger partial charge in [-0.3, -0.25) is 19.5 Å². The van der Waals surface area contributed by atoms with Gasteiger partial charge in [-0.05, 0) is 13.8 Å². The predicted octanol–water partition coefficient (Wildman–Crippen LogP) is -2.42. The molecule has 1 fully saturated rings. The minimum Gasteiger partial charge on any atom is -0.478 e. The number of carbonyl (C=O) groups is 4. The number of aliphatic imine (C=N–C) groups is 1. The lowest BCUT2D eigenvalue weighted by atomic mass is 10.0. The van der Waals surface area contributed by atoms with Crippen molar-refractivity contribution >= 4 is 63.9 Å². The lowest BCUT2D eigenvalue weighted by Crippen LogP contribution is -2.71. The van der Waals surface area contributed by atoms with Crippen LogP contribution in [0, 0.1) is 0 Å².